The lowest BCUT2D eigenvalue weighted by Gasteiger charge is -2.14. The molecule has 0 saturated heterocycles. The van der Waals surface area contributed by atoms with E-state index < -0.39 is 0 Å². The average Bonchev–Trinajstić information content (AvgIpc) is 2.30. The first-order valence-electron chi connectivity index (χ1n) is 5.62. The Morgan fingerprint density at radius 3 is 2.65 bits per heavy atom. The van der Waals surface area contributed by atoms with Crippen LogP contribution in [0.3, 0.4) is 0 Å². The van der Waals surface area contributed by atoms with E-state index in [4.69, 9.17) is 10.5 Å². The van der Waals surface area contributed by atoms with Crippen molar-refractivity contribution in [2.24, 2.45) is 5.73 Å². The largest absolute Gasteiger partial charge is 0.491 e. The van der Waals surface area contributed by atoms with E-state index in [0.29, 0.717) is 6.54 Å². The molecule has 2 N–H and O–H groups in total. The maximum absolute atomic E-state index is 11.2. The summed E-state index contributed by atoms with van der Waals surface area (Å²) in [7, 11) is 1.38. The summed E-state index contributed by atoms with van der Waals surface area (Å²) in [5, 5.41) is 0. The zero-order valence-corrected chi connectivity index (χ0v) is 10.5. The van der Waals surface area contributed by atoms with Gasteiger partial charge in [0.25, 0.3) is 0 Å². The Balaban J connectivity index is 2.88. The Kier molecular flexibility index (Phi) is 4.97. The maximum Gasteiger partial charge on any atom is 0.309 e. The lowest BCUT2D eigenvalue weighted by atomic mass is 10.1. The fourth-order valence-electron chi connectivity index (χ4n) is 1.51. The smallest absolute Gasteiger partial charge is 0.309 e. The van der Waals surface area contributed by atoms with E-state index in [1.54, 1.807) is 0 Å². The van der Waals surface area contributed by atoms with Gasteiger partial charge in [-0.25, -0.2) is 0 Å². The monoisotopic (exact) mass is 237 g/mol. The fourth-order valence-corrected chi connectivity index (χ4v) is 1.51. The highest BCUT2D eigenvalue weighted by Crippen LogP contribution is 2.21. The number of methoxy groups -OCH3 is 1. The predicted molar refractivity (Wildman–Crippen MR) is 65.8 cm³/mol. The highest BCUT2D eigenvalue weighted by Gasteiger charge is 2.08. The van der Waals surface area contributed by atoms with Crippen molar-refractivity contribution in [3.63, 3.8) is 0 Å². The molecule has 0 atom stereocenters. The van der Waals surface area contributed by atoms with Gasteiger partial charge in [-0.3, -0.25) is 4.79 Å². The molecule has 0 unspecified atom stereocenters. The lowest BCUT2D eigenvalue weighted by Crippen LogP contribution is -2.10. The summed E-state index contributed by atoms with van der Waals surface area (Å²) < 4.78 is 10.2. The molecule has 1 aromatic carbocycles. The van der Waals surface area contributed by atoms with Crippen molar-refractivity contribution in [1.29, 1.82) is 0 Å². The summed E-state index contributed by atoms with van der Waals surface area (Å²) in [6.07, 6.45) is 0.359. The van der Waals surface area contributed by atoms with Crippen molar-refractivity contribution in [3.8, 4) is 5.75 Å². The molecular formula is C13H19NO3. The van der Waals surface area contributed by atoms with Crippen molar-refractivity contribution in [2.45, 2.75) is 32.9 Å². The number of hydrogen-bond acceptors (Lipinski definition) is 4. The van der Waals surface area contributed by atoms with Crippen molar-refractivity contribution in [3.05, 3.63) is 29.3 Å². The van der Waals surface area contributed by atoms with Crippen molar-refractivity contribution < 1.29 is 14.3 Å². The Labute approximate surface area is 102 Å². The molecule has 4 nitrogen and oxygen atoms in total. The second kappa shape index (κ2) is 6.25. The number of esters is 1. The second-order valence-corrected chi connectivity index (χ2v) is 4.07. The van der Waals surface area contributed by atoms with Crippen LogP contribution >= 0.6 is 0 Å². The van der Waals surface area contributed by atoms with Crippen LogP contribution < -0.4 is 10.5 Å². The van der Waals surface area contributed by atoms with Crippen LogP contribution in [0.5, 0.6) is 5.75 Å². The predicted octanol–water partition coefficient (Wildman–Crippen LogP) is 1.65. The van der Waals surface area contributed by atoms with Gasteiger partial charge < -0.3 is 15.2 Å². The molecule has 0 aromatic heterocycles. The molecule has 0 saturated carbocycles. The first kappa shape index (κ1) is 13.5. The van der Waals surface area contributed by atoms with Crippen LogP contribution in [0.25, 0.3) is 0 Å². The quantitative estimate of drug-likeness (QED) is 0.791. The highest BCUT2D eigenvalue weighted by molar-refractivity contribution is 5.72. The second-order valence-electron chi connectivity index (χ2n) is 4.07. The van der Waals surface area contributed by atoms with Gasteiger partial charge in [0.05, 0.1) is 19.6 Å². The number of benzene rings is 1. The molecule has 0 aliphatic carbocycles. The van der Waals surface area contributed by atoms with Crippen LogP contribution in [0.2, 0.25) is 0 Å². The van der Waals surface area contributed by atoms with E-state index in [2.05, 4.69) is 4.74 Å². The van der Waals surface area contributed by atoms with Gasteiger partial charge in [0.1, 0.15) is 5.75 Å². The van der Waals surface area contributed by atoms with Gasteiger partial charge in [-0.15, -0.1) is 0 Å². The summed E-state index contributed by atoms with van der Waals surface area (Å²) in [6, 6.07) is 5.59. The summed E-state index contributed by atoms with van der Waals surface area (Å²) in [5.74, 6) is 0.515. The van der Waals surface area contributed by atoms with Gasteiger partial charge in [0.15, 0.2) is 0 Å². The summed E-state index contributed by atoms with van der Waals surface area (Å²) in [6.45, 7) is 4.31. The van der Waals surface area contributed by atoms with Crippen LogP contribution in [0.4, 0.5) is 0 Å². The van der Waals surface area contributed by atoms with Crippen LogP contribution in [-0.2, 0) is 22.5 Å². The molecule has 0 fully saturated rings. The van der Waals surface area contributed by atoms with Gasteiger partial charge in [-0.2, -0.15) is 0 Å². The van der Waals surface area contributed by atoms with Crippen LogP contribution in [0, 0.1) is 0 Å². The number of carbonyl (C=O) groups is 1. The molecule has 0 amide bonds. The number of hydrogen-bond donors (Lipinski definition) is 1. The van der Waals surface area contributed by atoms with E-state index >= 15 is 0 Å². The average molecular weight is 237 g/mol. The van der Waals surface area contributed by atoms with Gasteiger partial charge in [-0.05, 0) is 25.5 Å². The Bertz CT molecular complexity index is 388. The highest BCUT2D eigenvalue weighted by atomic mass is 16.5. The van der Waals surface area contributed by atoms with Crippen molar-refractivity contribution in [1.82, 2.24) is 0 Å². The third-order valence-electron chi connectivity index (χ3n) is 2.28. The Morgan fingerprint density at radius 2 is 2.12 bits per heavy atom. The molecular weight excluding hydrogens is 218 g/mol. The molecule has 0 bridgehead atoms. The van der Waals surface area contributed by atoms with Crippen LogP contribution in [0.1, 0.15) is 25.0 Å². The zero-order chi connectivity index (χ0) is 12.8. The number of rotatable bonds is 5. The van der Waals surface area contributed by atoms with Crippen molar-refractivity contribution in [2.75, 3.05) is 7.11 Å². The lowest BCUT2D eigenvalue weighted by molar-refractivity contribution is -0.139. The van der Waals surface area contributed by atoms with E-state index in [-0.39, 0.29) is 18.5 Å². The first-order valence-corrected chi connectivity index (χ1v) is 5.62. The molecule has 17 heavy (non-hydrogen) atoms. The van der Waals surface area contributed by atoms with Gasteiger partial charge in [-0.1, -0.05) is 12.1 Å². The maximum atomic E-state index is 11.2. The molecule has 4 heteroatoms. The third-order valence-corrected chi connectivity index (χ3v) is 2.28. The third kappa shape index (κ3) is 4.07. The van der Waals surface area contributed by atoms with Crippen molar-refractivity contribution >= 4 is 5.97 Å². The first-order chi connectivity index (χ1) is 8.06. The molecule has 0 aliphatic rings. The number of nitrogens with two attached hydrogens (primary N) is 1. The molecule has 0 radical (unpaired) electrons. The minimum Gasteiger partial charge on any atom is -0.491 e. The van der Waals surface area contributed by atoms with E-state index in [0.717, 1.165) is 16.9 Å². The topological polar surface area (TPSA) is 61.5 Å². The molecule has 0 aliphatic heterocycles. The Hall–Kier alpha value is -1.55. The van der Waals surface area contributed by atoms with Gasteiger partial charge in [0, 0.05) is 12.1 Å². The van der Waals surface area contributed by atoms with Gasteiger partial charge >= 0.3 is 5.97 Å². The zero-order valence-electron chi connectivity index (χ0n) is 10.5. The standard InChI is InChI=1S/C13H19NO3/c1-9(2)17-12-5-4-10(6-11(12)8-14)7-13(15)16-3/h4-6,9H,7-8,14H2,1-3H3. The van der Waals surface area contributed by atoms with Crippen LogP contribution in [-0.4, -0.2) is 19.2 Å². The SMILES string of the molecule is COC(=O)Cc1ccc(OC(C)C)c(CN)c1. The fraction of sp³-hybridized carbons (Fsp3) is 0.462. The van der Waals surface area contributed by atoms with E-state index in [1.807, 2.05) is 32.0 Å². The minimum absolute atomic E-state index is 0.103. The van der Waals surface area contributed by atoms with Crippen LogP contribution in [0.15, 0.2) is 18.2 Å². The molecule has 94 valence electrons. The van der Waals surface area contributed by atoms with E-state index in [1.165, 1.54) is 7.11 Å². The normalized spacial score (nSPS) is 10.4. The Morgan fingerprint density at radius 1 is 1.41 bits per heavy atom. The molecule has 1 rings (SSSR count). The number of carbonyl (C=O) groups excluding carboxylic acids is 1. The summed E-state index contributed by atoms with van der Waals surface area (Å²) >= 11 is 0. The summed E-state index contributed by atoms with van der Waals surface area (Å²) in [4.78, 5) is 11.2. The molecule has 1 aromatic rings. The minimum atomic E-state index is -0.259. The van der Waals surface area contributed by atoms with Gasteiger partial charge in [0.2, 0.25) is 0 Å². The molecule has 0 heterocycles. The molecule has 0 spiro atoms. The van der Waals surface area contributed by atoms with E-state index in [9.17, 15) is 4.79 Å². The number of ether oxygens (including phenoxy) is 2. The summed E-state index contributed by atoms with van der Waals surface area (Å²) in [5.41, 5.74) is 7.45.